The zero-order valence-corrected chi connectivity index (χ0v) is 18.3. The molecule has 0 saturated carbocycles. The molecule has 0 fully saturated rings. The number of Topliss-reactive ketones (excluding diaryl/α,β-unsaturated/α-hetero) is 1. The van der Waals surface area contributed by atoms with Crippen LogP contribution in [-0.4, -0.2) is 33.4 Å². The molecule has 0 atom stereocenters. The van der Waals surface area contributed by atoms with Crippen LogP contribution in [0.25, 0.3) is 0 Å². The number of para-hydroxylation sites is 2. The summed E-state index contributed by atoms with van der Waals surface area (Å²) in [7, 11) is 1.60. The number of nitrogens with zero attached hydrogens (tertiary/aromatic N) is 3. The molecule has 0 spiro atoms. The van der Waals surface area contributed by atoms with Crippen LogP contribution >= 0.6 is 27.7 Å². The van der Waals surface area contributed by atoms with Gasteiger partial charge in [0.25, 0.3) is 0 Å². The van der Waals surface area contributed by atoms with Gasteiger partial charge in [0, 0.05) is 16.6 Å². The van der Waals surface area contributed by atoms with Gasteiger partial charge in [-0.25, -0.2) is 0 Å². The molecule has 0 amide bonds. The van der Waals surface area contributed by atoms with Crippen molar-refractivity contribution in [2.24, 2.45) is 0 Å². The van der Waals surface area contributed by atoms with E-state index in [0.29, 0.717) is 34.6 Å². The van der Waals surface area contributed by atoms with Gasteiger partial charge < -0.3 is 9.47 Å². The van der Waals surface area contributed by atoms with Crippen molar-refractivity contribution in [3.05, 3.63) is 77.0 Å². The van der Waals surface area contributed by atoms with E-state index in [-0.39, 0.29) is 18.1 Å². The Morgan fingerprint density at radius 1 is 1.17 bits per heavy atom. The minimum atomic E-state index is 0.0301. The maximum absolute atomic E-state index is 12.4. The average Bonchev–Trinajstić information content (AvgIpc) is 3.13. The highest BCUT2D eigenvalue weighted by atomic mass is 79.9. The van der Waals surface area contributed by atoms with Crippen molar-refractivity contribution in [1.82, 2.24) is 14.8 Å². The lowest BCUT2D eigenvalue weighted by Crippen LogP contribution is -2.09. The summed E-state index contributed by atoms with van der Waals surface area (Å²) in [5.41, 5.74) is 0.662. The van der Waals surface area contributed by atoms with Crippen LogP contribution < -0.4 is 9.47 Å². The van der Waals surface area contributed by atoms with Crippen molar-refractivity contribution < 1.29 is 14.3 Å². The Kier molecular flexibility index (Phi) is 7.48. The van der Waals surface area contributed by atoms with E-state index in [0.717, 1.165) is 4.47 Å². The number of benzene rings is 2. The zero-order valence-electron chi connectivity index (χ0n) is 15.9. The number of carbonyl (C=O) groups is 1. The molecule has 3 rings (SSSR count). The third-order valence-corrected chi connectivity index (χ3v) is 5.52. The number of aromatic nitrogens is 3. The van der Waals surface area contributed by atoms with E-state index in [4.69, 9.17) is 9.47 Å². The van der Waals surface area contributed by atoms with E-state index in [1.807, 2.05) is 41.0 Å². The summed E-state index contributed by atoms with van der Waals surface area (Å²) in [6.07, 6.45) is 1.76. The molecular weight excluding hydrogens is 454 g/mol. The predicted octanol–water partition coefficient (Wildman–Crippen LogP) is 4.79. The number of hydrogen-bond acceptors (Lipinski definition) is 6. The molecule has 2 aromatic carbocycles. The number of thioether (sulfide) groups is 1. The van der Waals surface area contributed by atoms with Gasteiger partial charge >= 0.3 is 0 Å². The standard InChI is InChI=1S/C21H20BrN3O3S/c1-3-12-25-20(13-28-19-7-5-4-6-18(19)27-2)23-24-21(25)29-14-17(26)15-8-10-16(22)11-9-15/h3-11H,1,12-14H2,2H3. The molecule has 0 bridgehead atoms. The predicted molar refractivity (Wildman–Crippen MR) is 117 cm³/mol. The normalized spacial score (nSPS) is 10.6. The number of methoxy groups -OCH3 is 1. The van der Waals surface area contributed by atoms with Crippen LogP contribution in [0.15, 0.2) is 70.8 Å². The first-order valence-corrected chi connectivity index (χ1v) is 10.6. The molecule has 150 valence electrons. The van der Waals surface area contributed by atoms with Crippen molar-refractivity contribution in [3.63, 3.8) is 0 Å². The summed E-state index contributed by atoms with van der Waals surface area (Å²) in [6, 6.07) is 14.7. The van der Waals surface area contributed by atoms with Crippen molar-refractivity contribution in [3.8, 4) is 11.5 Å². The molecule has 0 aliphatic rings. The Bertz CT molecular complexity index is 989. The second kappa shape index (κ2) is 10.3. The smallest absolute Gasteiger partial charge is 0.192 e. The number of carbonyl (C=O) groups excluding carboxylic acids is 1. The minimum absolute atomic E-state index is 0.0301. The van der Waals surface area contributed by atoms with E-state index >= 15 is 0 Å². The van der Waals surface area contributed by atoms with Crippen LogP contribution in [-0.2, 0) is 13.2 Å². The fourth-order valence-electron chi connectivity index (χ4n) is 2.57. The lowest BCUT2D eigenvalue weighted by Gasteiger charge is -2.11. The number of ether oxygens (including phenoxy) is 2. The largest absolute Gasteiger partial charge is 0.493 e. The second-order valence-electron chi connectivity index (χ2n) is 5.96. The molecular formula is C21H20BrN3O3S. The van der Waals surface area contributed by atoms with Crippen LogP contribution in [0.3, 0.4) is 0 Å². The van der Waals surface area contributed by atoms with E-state index in [1.165, 1.54) is 11.8 Å². The van der Waals surface area contributed by atoms with Crippen LogP contribution in [0.4, 0.5) is 0 Å². The first-order valence-electron chi connectivity index (χ1n) is 8.82. The summed E-state index contributed by atoms with van der Waals surface area (Å²) in [6.45, 7) is 4.54. The highest BCUT2D eigenvalue weighted by molar-refractivity contribution is 9.10. The quantitative estimate of drug-likeness (QED) is 0.239. The monoisotopic (exact) mass is 473 g/mol. The molecule has 3 aromatic rings. The van der Waals surface area contributed by atoms with Gasteiger partial charge in [-0.15, -0.1) is 16.8 Å². The summed E-state index contributed by atoms with van der Waals surface area (Å²) >= 11 is 4.72. The summed E-state index contributed by atoms with van der Waals surface area (Å²) in [4.78, 5) is 12.4. The number of allylic oxidation sites excluding steroid dienone is 1. The van der Waals surface area contributed by atoms with E-state index < -0.39 is 0 Å². The molecule has 0 aliphatic heterocycles. The topological polar surface area (TPSA) is 66.2 Å². The van der Waals surface area contributed by atoms with Gasteiger partial charge in [0.05, 0.1) is 12.9 Å². The van der Waals surface area contributed by atoms with Crippen molar-refractivity contribution in [2.45, 2.75) is 18.3 Å². The Morgan fingerprint density at radius 2 is 1.90 bits per heavy atom. The summed E-state index contributed by atoms with van der Waals surface area (Å²) < 4.78 is 14.0. The number of ketones is 1. The van der Waals surface area contributed by atoms with Gasteiger partial charge in [-0.1, -0.05) is 58.0 Å². The third kappa shape index (κ3) is 5.48. The average molecular weight is 474 g/mol. The van der Waals surface area contributed by atoms with Crippen LogP contribution in [0.1, 0.15) is 16.2 Å². The molecule has 6 nitrogen and oxygen atoms in total. The van der Waals surface area contributed by atoms with Crippen LogP contribution in [0.2, 0.25) is 0 Å². The molecule has 1 aromatic heterocycles. The zero-order chi connectivity index (χ0) is 20.6. The minimum Gasteiger partial charge on any atom is -0.493 e. The van der Waals surface area contributed by atoms with Gasteiger partial charge in [-0.3, -0.25) is 9.36 Å². The number of hydrogen-bond donors (Lipinski definition) is 0. The Balaban J connectivity index is 1.68. The number of halogens is 1. The molecule has 8 heteroatoms. The summed E-state index contributed by atoms with van der Waals surface area (Å²) in [5, 5.41) is 9.10. The first-order chi connectivity index (χ1) is 14.1. The first kappa shape index (κ1) is 21.1. The van der Waals surface area contributed by atoms with Gasteiger partial charge in [-0.2, -0.15) is 0 Å². The lowest BCUT2D eigenvalue weighted by molar-refractivity contribution is 0.102. The van der Waals surface area contributed by atoms with E-state index in [9.17, 15) is 4.79 Å². The maximum Gasteiger partial charge on any atom is 0.192 e. The molecule has 0 radical (unpaired) electrons. The SMILES string of the molecule is C=CCn1c(COc2ccccc2OC)nnc1SCC(=O)c1ccc(Br)cc1. The van der Waals surface area contributed by atoms with Crippen molar-refractivity contribution >= 4 is 33.5 Å². The Hall–Kier alpha value is -2.58. The molecule has 0 aliphatic carbocycles. The second-order valence-corrected chi connectivity index (χ2v) is 7.81. The highest BCUT2D eigenvalue weighted by Crippen LogP contribution is 2.27. The van der Waals surface area contributed by atoms with Crippen LogP contribution in [0, 0.1) is 0 Å². The van der Waals surface area contributed by atoms with E-state index in [1.54, 1.807) is 25.3 Å². The maximum atomic E-state index is 12.4. The van der Waals surface area contributed by atoms with Crippen molar-refractivity contribution in [2.75, 3.05) is 12.9 Å². The lowest BCUT2D eigenvalue weighted by atomic mass is 10.2. The van der Waals surface area contributed by atoms with Gasteiger partial charge in [0.1, 0.15) is 6.61 Å². The van der Waals surface area contributed by atoms with Crippen molar-refractivity contribution in [1.29, 1.82) is 0 Å². The Labute approximate surface area is 182 Å². The molecule has 0 saturated heterocycles. The molecule has 29 heavy (non-hydrogen) atoms. The molecule has 0 unspecified atom stereocenters. The van der Waals surface area contributed by atoms with Gasteiger partial charge in [0.15, 0.2) is 28.3 Å². The number of rotatable bonds is 10. The van der Waals surface area contributed by atoms with E-state index in [2.05, 4.69) is 32.7 Å². The fourth-order valence-corrected chi connectivity index (χ4v) is 3.70. The summed E-state index contributed by atoms with van der Waals surface area (Å²) in [5.74, 6) is 2.22. The molecule has 0 N–H and O–H groups in total. The third-order valence-electron chi connectivity index (χ3n) is 4.03. The highest BCUT2D eigenvalue weighted by Gasteiger charge is 2.15. The molecule has 1 heterocycles. The van der Waals surface area contributed by atoms with Gasteiger partial charge in [0.2, 0.25) is 0 Å². The van der Waals surface area contributed by atoms with Gasteiger partial charge in [-0.05, 0) is 24.3 Å². The Morgan fingerprint density at radius 3 is 2.59 bits per heavy atom. The fraction of sp³-hybridized carbons (Fsp3) is 0.190. The van der Waals surface area contributed by atoms with Crippen LogP contribution in [0.5, 0.6) is 11.5 Å².